The standard InChI is InChI=1S/C15H16ClF3N4OS/c1-8(2)23-7-20-22-14(23)25-9(3)13(24)21-12-5-4-10(16)6-11(12)15(17,18)19/h4-9H,1-3H3,(H,21,24). The van der Waals surface area contributed by atoms with Crippen molar-refractivity contribution in [3.8, 4) is 0 Å². The molecule has 0 aliphatic carbocycles. The fraction of sp³-hybridized carbons (Fsp3) is 0.400. The number of hydrogen-bond donors (Lipinski definition) is 1. The predicted molar refractivity (Wildman–Crippen MR) is 90.8 cm³/mol. The van der Waals surface area contributed by atoms with E-state index < -0.39 is 22.9 Å². The second-order valence-corrected chi connectivity index (χ2v) is 7.30. The largest absolute Gasteiger partial charge is 0.418 e. The zero-order valence-corrected chi connectivity index (χ0v) is 15.2. The molecular formula is C15H16ClF3N4OS. The van der Waals surface area contributed by atoms with Crippen molar-refractivity contribution in [2.24, 2.45) is 0 Å². The second kappa shape index (κ2) is 7.65. The number of carbonyl (C=O) groups excluding carboxylic acids is 1. The Kier molecular flexibility index (Phi) is 5.99. The fourth-order valence-electron chi connectivity index (χ4n) is 1.98. The lowest BCUT2D eigenvalue weighted by atomic mass is 10.1. The molecule has 1 atom stereocenters. The molecule has 1 heterocycles. The molecule has 2 aromatic rings. The molecule has 0 aliphatic heterocycles. The van der Waals surface area contributed by atoms with Crippen LogP contribution in [0.2, 0.25) is 5.02 Å². The number of thioether (sulfide) groups is 1. The molecule has 0 radical (unpaired) electrons. The average Bonchev–Trinajstić information content (AvgIpc) is 2.96. The van der Waals surface area contributed by atoms with Crippen molar-refractivity contribution in [2.75, 3.05) is 5.32 Å². The summed E-state index contributed by atoms with van der Waals surface area (Å²) in [5.74, 6) is -0.573. The Morgan fingerprint density at radius 1 is 1.32 bits per heavy atom. The van der Waals surface area contributed by atoms with Crippen LogP contribution in [0.5, 0.6) is 0 Å². The Hall–Kier alpha value is -1.74. The van der Waals surface area contributed by atoms with Gasteiger partial charge in [0.15, 0.2) is 5.16 Å². The molecule has 1 unspecified atom stereocenters. The number of aromatic nitrogens is 3. The lowest BCUT2D eigenvalue weighted by Crippen LogP contribution is -2.24. The highest BCUT2D eigenvalue weighted by Gasteiger charge is 2.34. The van der Waals surface area contributed by atoms with E-state index in [9.17, 15) is 18.0 Å². The van der Waals surface area contributed by atoms with Gasteiger partial charge in [0.1, 0.15) is 6.33 Å². The monoisotopic (exact) mass is 392 g/mol. The third kappa shape index (κ3) is 4.88. The van der Waals surface area contributed by atoms with Gasteiger partial charge in [-0.05, 0) is 39.0 Å². The molecule has 25 heavy (non-hydrogen) atoms. The number of anilines is 1. The number of hydrogen-bond acceptors (Lipinski definition) is 4. The zero-order valence-electron chi connectivity index (χ0n) is 13.6. The number of alkyl halides is 3. The van der Waals surface area contributed by atoms with Crippen LogP contribution in [0, 0.1) is 0 Å². The molecule has 1 aromatic heterocycles. The molecule has 5 nitrogen and oxygen atoms in total. The molecule has 1 aromatic carbocycles. The van der Waals surface area contributed by atoms with Gasteiger partial charge in [-0.1, -0.05) is 23.4 Å². The maximum absolute atomic E-state index is 13.1. The molecule has 0 saturated heterocycles. The van der Waals surface area contributed by atoms with Gasteiger partial charge in [0.05, 0.1) is 16.5 Å². The first kappa shape index (κ1) is 19.6. The summed E-state index contributed by atoms with van der Waals surface area (Å²) in [5, 5.41) is 9.83. The minimum Gasteiger partial charge on any atom is -0.325 e. The molecule has 1 amide bonds. The second-order valence-electron chi connectivity index (χ2n) is 5.55. The molecule has 0 spiro atoms. The molecular weight excluding hydrogens is 377 g/mol. The highest BCUT2D eigenvalue weighted by Crippen LogP contribution is 2.37. The van der Waals surface area contributed by atoms with Crippen molar-refractivity contribution in [2.45, 2.75) is 43.4 Å². The topological polar surface area (TPSA) is 59.8 Å². The first-order valence-electron chi connectivity index (χ1n) is 7.33. The third-order valence-electron chi connectivity index (χ3n) is 3.29. The van der Waals surface area contributed by atoms with Crippen molar-refractivity contribution in [1.82, 2.24) is 14.8 Å². The number of carbonyl (C=O) groups is 1. The Bertz CT molecular complexity index is 763. The maximum atomic E-state index is 13.1. The van der Waals surface area contributed by atoms with Crippen LogP contribution in [0.3, 0.4) is 0 Å². The molecule has 0 fully saturated rings. The molecule has 0 saturated carbocycles. The summed E-state index contributed by atoms with van der Waals surface area (Å²) in [6.45, 7) is 5.45. The Morgan fingerprint density at radius 3 is 2.60 bits per heavy atom. The van der Waals surface area contributed by atoms with Gasteiger partial charge >= 0.3 is 6.18 Å². The van der Waals surface area contributed by atoms with Crippen LogP contribution in [0.4, 0.5) is 18.9 Å². The fourth-order valence-corrected chi connectivity index (χ4v) is 3.10. The lowest BCUT2D eigenvalue weighted by Gasteiger charge is -2.17. The third-order valence-corrected chi connectivity index (χ3v) is 4.60. The highest BCUT2D eigenvalue weighted by atomic mass is 35.5. The zero-order chi connectivity index (χ0) is 18.8. The van der Waals surface area contributed by atoms with Gasteiger partial charge in [-0.25, -0.2) is 0 Å². The molecule has 136 valence electrons. The van der Waals surface area contributed by atoms with Crippen molar-refractivity contribution < 1.29 is 18.0 Å². The van der Waals surface area contributed by atoms with E-state index in [1.807, 2.05) is 13.8 Å². The van der Waals surface area contributed by atoms with Crippen LogP contribution in [-0.2, 0) is 11.0 Å². The normalized spacial score (nSPS) is 13.1. The molecule has 2 rings (SSSR count). The summed E-state index contributed by atoms with van der Waals surface area (Å²) in [6.07, 6.45) is -3.08. The first-order valence-corrected chi connectivity index (χ1v) is 8.59. The summed E-state index contributed by atoms with van der Waals surface area (Å²) in [6, 6.07) is 3.31. The van der Waals surface area contributed by atoms with Crippen molar-refractivity contribution in [1.29, 1.82) is 0 Å². The molecule has 1 N–H and O–H groups in total. The first-order chi connectivity index (χ1) is 11.6. The van der Waals surface area contributed by atoms with Gasteiger partial charge in [-0.3, -0.25) is 4.79 Å². The smallest absolute Gasteiger partial charge is 0.325 e. The van der Waals surface area contributed by atoms with E-state index in [-0.39, 0.29) is 16.8 Å². The van der Waals surface area contributed by atoms with Crippen molar-refractivity contribution in [3.05, 3.63) is 35.1 Å². The number of benzene rings is 1. The summed E-state index contributed by atoms with van der Waals surface area (Å²) >= 11 is 6.75. The Morgan fingerprint density at radius 2 is 2.00 bits per heavy atom. The lowest BCUT2D eigenvalue weighted by molar-refractivity contribution is -0.137. The quantitative estimate of drug-likeness (QED) is 0.752. The van der Waals surface area contributed by atoms with Crippen LogP contribution in [0.25, 0.3) is 0 Å². The number of nitrogens with one attached hydrogen (secondary N) is 1. The van der Waals surface area contributed by atoms with E-state index in [4.69, 9.17) is 11.6 Å². The minimum absolute atomic E-state index is 0.0576. The highest BCUT2D eigenvalue weighted by molar-refractivity contribution is 8.00. The maximum Gasteiger partial charge on any atom is 0.418 e. The van der Waals surface area contributed by atoms with E-state index in [1.54, 1.807) is 17.8 Å². The summed E-state index contributed by atoms with van der Waals surface area (Å²) in [4.78, 5) is 12.3. The predicted octanol–water partition coefficient (Wildman–Crippen LogP) is 4.65. The minimum atomic E-state index is -4.62. The van der Waals surface area contributed by atoms with Gasteiger partial charge in [-0.15, -0.1) is 10.2 Å². The molecule has 10 heteroatoms. The van der Waals surface area contributed by atoms with Crippen molar-refractivity contribution in [3.63, 3.8) is 0 Å². The van der Waals surface area contributed by atoms with E-state index in [1.165, 1.54) is 6.07 Å². The van der Waals surface area contributed by atoms with Gasteiger partial charge in [-0.2, -0.15) is 13.2 Å². The van der Waals surface area contributed by atoms with E-state index in [0.29, 0.717) is 5.16 Å². The van der Waals surface area contributed by atoms with Gasteiger partial charge in [0, 0.05) is 11.1 Å². The van der Waals surface area contributed by atoms with E-state index in [0.717, 1.165) is 23.9 Å². The van der Waals surface area contributed by atoms with Crippen LogP contribution in [0.15, 0.2) is 29.7 Å². The molecule has 0 aliphatic rings. The summed E-state index contributed by atoms with van der Waals surface area (Å²) < 4.78 is 41.0. The van der Waals surface area contributed by atoms with Crippen LogP contribution in [0.1, 0.15) is 32.4 Å². The Labute approximate surface area is 152 Å². The summed E-state index contributed by atoms with van der Waals surface area (Å²) in [5.41, 5.74) is -1.32. The van der Waals surface area contributed by atoms with E-state index in [2.05, 4.69) is 15.5 Å². The van der Waals surface area contributed by atoms with Gasteiger partial charge in [0.25, 0.3) is 0 Å². The SMILES string of the molecule is CC(Sc1nncn1C(C)C)C(=O)Nc1ccc(Cl)cc1C(F)(F)F. The van der Waals surface area contributed by atoms with Crippen LogP contribution >= 0.6 is 23.4 Å². The molecule has 0 bridgehead atoms. The van der Waals surface area contributed by atoms with Gasteiger partial charge < -0.3 is 9.88 Å². The number of rotatable bonds is 5. The van der Waals surface area contributed by atoms with Crippen LogP contribution in [-0.4, -0.2) is 25.9 Å². The number of nitrogens with zero attached hydrogens (tertiary/aromatic N) is 3. The van der Waals surface area contributed by atoms with Crippen LogP contribution < -0.4 is 5.32 Å². The van der Waals surface area contributed by atoms with Gasteiger partial charge in [0.2, 0.25) is 5.91 Å². The Balaban J connectivity index is 2.15. The van der Waals surface area contributed by atoms with E-state index >= 15 is 0 Å². The average molecular weight is 393 g/mol. The number of halogens is 4. The van der Waals surface area contributed by atoms with Crippen molar-refractivity contribution >= 4 is 35.0 Å². The number of amides is 1. The summed E-state index contributed by atoms with van der Waals surface area (Å²) in [7, 11) is 0.